The Labute approximate surface area is 165 Å². The zero-order chi connectivity index (χ0) is 19.4. The Hall–Kier alpha value is -1.96. The third-order valence-electron chi connectivity index (χ3n) is 4.20. The van der Waals surface area contributed by atoms with Crippen LogP contribution in [0.15, 0.2) is 36.4 Å². The number of carbonyl (C=O) groups is 1. The van der Waals surface area contributed by atoms with E-state index in [2.05, 4.69) is 0 Å². The van der Waals surface area contributed by atoms with Gasteiger partial charge in [-0.2, -0.15) is 0 Å². The lowest BCUT2D eigenvalue weighted by Crippen LogP contribution is -2.90. The SMILES string of the molecule is CCOc1cc([C@H]2[NH2+][C@@H](C(=O)[O-])CS2)ccc1OCc1c(F)cccc1Cl. The zero-order valence-electron chi connectivity index (χ0n) is 14.6. The molecule has 0 radical (unpaired) electrons. The molecule has 0 amide bonds. The third-order valence-corrected chi connectivity index (χ3v) is 5.89. The molecule has 0 spiro atoms. The molecule has 144 valence electrons. The molecule has 2 aromatic carbocycles. The number of benzene rings is 2. The molecular weight excluding hydrogens is 393 g/mol. The second-order valence-electron chi connectivity index (χ2n) is 6.00. The van der Waals surface area contributed by atoms with Crippen molar-refractivity contribution in [2.24, 2.45) is 0 Å². The molecule has 0 aliphatic carbocycles. The number of halogens is 2. The van der Waals surface area contributed by atoms with Gasteiger partial charge in [0.2, 0.25) is 0 Å². The topological polar surface area (TPSA) is 75.2 Å². The Kier molecular flexibility index (Phi) is 6.46. The van der Waals surface area contributed by atoms with Crippen LogP contribution in [0.2, 0.25) is 5.02 Å². The maximum Gasteiger partial charge on any atom is 0.161 e. The second-order valence-corrected chi connectivity index (χ2v) is 7.58. The van der Waals surface area contributed by atoms with Crippen LogP contribution >= 0.6 is 23.4 Å². The maximum absolute atomic E-state index is 13.9. The molecule has 2 atom stereocenters. The molecule has 2 aromatic rings. The highest BCUT2D eigenvalue weighted by atomic mass is 35.5. The monoisotopic (exact) mass is 411 g/mol. The molecule has 8 heteroatoms. The summed E-state index contributed by atoms with van der Waals surface area (Å²) in [7, 11) is 0. The smallest absolute Gasteiger partial charge is 0.161 e. The van der Waals surface area contributed by atoms with E-state index in [9.17, 15) is 14.3 Å². The van der Waals surface area contributed by atoms with Crippen molar-refractivity contribution >= 4 is 29.3 Å². The van der Waals surface area contributed by atoms with Gasteiger partial charge in [0, 0.05) is 11.1 Å². The van der Waals surface area contributed by atoms with Gasteiger partial charge in [-0.15, -0.1) is 0 Å². The highest BCUT2D eigenvalue weighted by Gasteiger charge is 2.31. The Morgan fingerprint density at radius 1 is 1.33 bits per heavy atom. The summed E-state index contributed by atoms with van der Waals surface area (Å²) in [5.41, 5.74) is 1.20. The van der Waals surface area contributed by atoms with Crippen molar-refractivity contribution in [2.45, 2.75) is 24.9 Å². The van der Waals surface area contributed by atoms with Crippen LogP contribution in [0.4, 0.5) is 4.39 Å². The molecule has 3 rings (SSSR count). The van der Waals surface area contributed by atoms with Crippen LogP contribution < -0.4 is 19.9 Å². The summed E-state index contributed by atoms with van der Waals surface area (Å²) >= 11 is 7.57. The van der Waals surface area contributed by atoms with E-state index >= 15 is 0 Å². The Balaban J connectivity index is 1.77. The number of quaternary nitrogens is 1. The molecule has 1 saturated heterocycles. The number of rotatable bonds is 7. The van der Waals surface area contributed by atoms with E-state index in [1.165, 1.54) is 23.9 Å². The lowest BCUT2D eigenvalue weighted by molar-refractivity contribution is -0.690. The molecule has 1 aliphatic rings. The number of hydrogen-bond donors (Lipinski definition) is 1. The number of carboxylic acids is 1. The van der Waals surface area contributed by atoms with Crippen LogP contribution in [0, 0.1) is 5.82 Å². The van der Waals surface area contributed by atoms with Gasteiger partial charge in [-0.05, 0) is 37.3 Å². The minimum Gasteiger partial charge on any atom is -0.544 e. The van der Waals surface area contributed by atoms with Crippen molar-refractivity contribution in [3.05, 3.63) is 58.4 Å². The predicted molar refractivity (Wildman–Crippen MR) is 99.3 cm³/mol. The number of carboxylic acid groups (broad SMARTS) is 1. The Morgan fingerprint density at radius 2 is 2.15 bits per heavy atom. The van der Waals surface area contributed by atoms with Gasteiger partial charge in [0.1, 0.15) is 24.4 Å². The van der Waals surface area contributed by atoms with Gasteiger partial charge in [-0.25, -0.2) is 4.39 Å². The fourth-order valence-electron chi connectivity index (χ4n) is 2.79. The van der Waals surface area contributed by atoms with Crippen LogP contribution in [0.3, 0.4) is 0 Å². The number of ether oxygens (including phenoxy) is 2. The van der Waals surface area contributed by atoms with E-state index in [4.69, 9.17) is 21.1 Å². The first kappa shape index (κ1) is 19.8. The summed E-state index contributed by atoms with van der Waals surface area (Å²) in [6.45, 7) is 2.26. The van der Waals surface area contributed by atoms with Crippen LogP contribution in [-0.2, 0) is 11.4 Å². The van der Waals surface area contributed by atoms with E-state index in [1.54, 1.807) is 17.4 Å². The minimum absolute atomic E-state index is 0.0258. The second kappa shape index (κ2) is 8.82. The van der Waals surface area contributed by atoms with E-state index in [1.807, 2.05) is 19.1 Å². The highest BCUT2D eigenvalue weighted by Crippen LogP contribution is 2.35. The number of nitrogens with two attached hydrogens (primary N) is 1. The van der Waals surface area contributed by atoms with E-state index in [-0.39, 0.29) is 17.5 Å². The van der Waals surface area contributed by atoms with Gasteiger partial charge < -0.3 is 24.7 Å². The van der Waals surface area contributed by atoms with Gasteiger partial charge in [0.15, 0.2) is 16.9 Å². The fraction of sp³-hybridized carbons (Fsp3) is 0.316. The number of carbonyl (C=O) groups excluding carboxylic acids is 1. The van der Waals surface area contributed by atoms with Gasteiger partial charge in [0.25, 0.3) is 0 Å². The molecule has 0 unspecified atom stereocenters. The summed E-state index contributed by atoms with van der Waals surface area (Å²) in [4.78, 5) is 11.0. The van der Waals surface area contributed by atoms with Gasteiger partial charge in [0.05, 0.1) is 17.4 Å². The molecule has 1 fully saturated rings. The fourth-order valence-corrected chi connectivity index (χ4v) is 4.31. The quantitative estimate of drug-likeness (QED) is 0.753. The van der Waals surface area contributed by atoms with Gasteiger partial charge >= 0.3 is 0 Å². The Bertz CT molecular complexity index is 815. The lowest BCUT2D eigenvalue weighted by atomic mass is 10.1. The summed E-state index contributed by atoms with van der Waals surface area (Å²) in [6.07, 6.45) is 0. The summed E-state index contributed by atoms with van der Waals surface area (Å²) in [5, 5.41) is 13.1. The average Bonchev–Trinajstić information content (AvgIpc) is 3.13. The van der Waals surface area contributed by atoms with E-state index in [0.29, 0.717) is 28.9 Å². The van der Waals surface area contributed by atoms with Crippen LogP contribution in [0.25, 0.3) is 0 Å². The molecule has 0 aromatic heterocycles. The molecule has 1 heterocycles. The van der Waals surface area contributed by atoms with Crippen LogP contribution in [0.5, 0.6) is 11.5 Å². The zero-order valence-corrected chi connectivity index (χ0v) is 16.2. The number of aliphatic carboxylic acids is 1. The first-order chi connectivity index (χ1) is 13.0. The first-order valence-corrected chi connectivity index (χ1v) is 9.92. The summed E-state index contributed by atoms with van der Waals surface area (Å²) in [5.74, 6) is -0.00656. The van der Waals surface area contributed by atoms with Crippen molar-refractivity contribution in [3.8, 4) is 11.5 Å². The van der Waals surface area contributed by atoms with Crippen LogP contribution in [-0.4, -0.2) is 24.4 Å². The molecular formula is C19H19ClFNO4S. The van der Waals surface area contributed by atoms with Gasteiger partial charge in [-0.1, -0.05) is 29.4 Å². The molecule has 27 heavy (non-hydrogen) atoms. The highest BCUT2D eigenvalue weighted by molar-refractivity contribution is 7.99. The molecule has 2 N–H and O–H groups in total. The molecule has 0 bridgehead atoms. The molecule has 0 saturated carbocycles. The largest absolute Gasteiger partial charge is 0.544 e. The maximum atomic E-state index is 13.9. The van der Waals surface area contributed by atoms with Crippen molar-refractivity contribution in [1.29, 1.82) is 0 Å². The number of thioether (sulfide) groups is 1. The normalized spacial score (nSPS) is 19.1. The summed E-state index contributed by atoms with van der Waals surface area (Å²) < 4.78 is 25.3. The van der Waals surface area contributed by atoms with Crippen molar-refractivity contribution in [1.82, 2.24) is 0 Å². The lowest BCUT2D eigenvalue weighted by Gasteiger charge is -2.16. The molecule has 5 nitrogen and oxygen atoms in total. The van der Waals surface area contributed by atoms with Crippen molar-refractivity contribution in [3.63, 3.8) is 0 Å². The number of hydrogen-bond acceptors (Lipinski definition) is 5. The van der Waals surface area contributed by atoms with Gasteiger partial charge in [-0.3, -0.25) is 0 Å². The summed E-state index contributed by atoms with van der Waals surface area (Å²) in [6, 6.07) is 9.34. The van der Waals surface area contributed by atoms with E-state index < -0.39 is 17.8 Å². The first-order valence-electron chi connectivity index (χ1n) is 8.49. The Morgan fingerprint density at radius 3 is 2.81 bits per heavy atom. The van der Waals surface area contributed by atoms with Crippen molar-refractivity contribution in [2.75, 3.05) is 12.4 Å². The van der Waals surface area contributed by atoms with Crippen molar-refractivity contribution < 1.29 is 29.1 Å². The molecule has 1 aliphatic heterocycles. The average molecular weight is 412 g/mol. The van der Waals surface area contributed by atoms with E-state index in [0.717, 1.165) is 5.56 Å². The predicted octanol–water partition coefficient (Wildman–Crippen LogP) is 1.88. The standard InChI is InChI=1S/C19H19ClFNO4S/c1-2-25-17-8-11(18-22-15(10-27-18)19(23)24)6-7-16(17)26-9-12-13(20)4-3-5-14(12)21/h3-8,15,18,22H,2,9-10H2,1H3,(H,23,24)/t15-,18+/m1/s1. The third kappa shape index (κ3) is 4.66. The van der Waals surface area contributed by atoms with Crippen LogP contribution in [0.1, 0.15) is 23.4 Å². The minimum atomic E-state index is -1.06.